The zero-order valence-electron chi connectivity index (χ0n) is 12.2. The van der Waals surface area contributed by atoms with Gasteiger partial charge in [-0.15, -0.1) is 0 Å². The second kappa shape index (κ2) is 5.57. The maximum atomic E-state index is 12.7. The van der Waals surface area contributed by atoms with Crippen LogP contribution in [0.15, 0.2) is 24.3 Å². The van der Waals surface area contributed by atoms with Crippen molar-refractivity contribution in [3.63, 3.8) is 0 Å². The normalized spacial score (nSPS) is 29.9. The Morgan fingerprint density at radius 1 is 1.25 bits per heavy atom. The predicted octanol–water partition coefficient (Wildman–Crippen LogP) is 1.99. The van der Waals surface area contributed by atoms with Crippen LogP contribution in [-0.2, 0) is 17.6 Å². The number of carbonyl (C=O) groups excluding carboxylic acids is 1. The number of hydrogen-bond donors (Lipinski definition) is 1. The molecule has 3 unspecified atom stereocenters. The lowest BCUT2D eigenvalue weighted by molar-refractivity contribution is -0.137. The summed E-state index contributed by atoms with van der Waals surface area (Å²) in [5.74, 6) is 0.938. The van der Waals surface area contributed by atoms with Crippen molar-refractivity contribution >= 4 is 5.91 Å². The van der Waals surface area contributed by atoms with Crippen LogP contribution in [0.1, 0.15) is 30.9 Å². The molecule has 20 heavy (non-hydrogen) atoms. The lowest BCUT2D eigenvalue weighted by atomic mass is 9.82. The smallest absolute Gasteiger partial charge is 0.226 e. The minimum absolute atomic E-state index is 0.173. The fourth-order valence-corrected chi connectivity index (χ4v) is 3.53. The van der Waals surface area contributed by atoms with E-state index < -0.39 is 0 Å². The predicted molar refractivity (Wildman–Crippen MR) is 80.3 cm³/mol. The molecule has 2 N–H and O–H groups in total. The highest BCUT2D eigenvalue weighted by molar-refractivity contribution is 5.79. The molecule has 108 valence electrons. The van der Waals surface area contributed by atoms with Crippen LogP contribution in [0.5, 0.6) is 0 Å². The Labute approximate surface area is 121 Å². The van der Waals surface area contributed by atoms with E-state index in [2.05, 4.69) is 31.2 Å². The number of amides is 1. The van der Waals surface area contributed by atoms with Gasteiger partial charge in [0.05, 0.1) is 0 Å². The van der Waals surface area contributed by atoms with Gasteiger partial charge in [0.2, 0.25) is 5.91 Å². The molecule has 2 aliphatic rings. The number of aryl methyl sites for hydroxylation is 1. The van der Waals surface area contributed by atoms with Crippen molar-refractivity contribution in [3.05, 3.63) is 35.4 Å². The van der Waals surface area contributed by atoms with Crippen molar-refractivity contribution in [2.45, 2.75) is 38.6 Å². The number of nitrogens with two attached hydrogens (primary N) is 1. The number of piperidine rings is 1. The molecule has 1 fully saturated rings. The van der Waals surface area contributed by atoms with E-state index in [9.17, 15) is 4.79 Å². The van der Waals surface area contributed by atoms with Crippen molar-refractivity contribution in [3.8, 4) is 0 Å². The standard InChI is InChI=1S/C17H24N2O/c1-12-11-19(9-8-16(12)18)17(20)15-7-6-13-4-2-3-5-14(13)10-15/h2-5,12,15-16H,6-11,18H2,1H3. The zero-order chi connectivity index (χ0) is 14.1. The maximum Gasteiger partial charge on any atom is 0.226 e. The zero-order valence-corrected chi connectivity index (χ0v) is 12.2. The lowest BCUT2D eigenvalue weighted by Crippen LogP contribution is -2.50. The first-order valence-corrected chi connectivity index (χ1v) is 7.76. The van der Waals surface area contributed by atoms with E-state index >= 15 is 0 Å². The first-order valence-electron chi connectivity index (χ1n) is 7.76. The van der Waals surface area contributed by atoms with E-state index in [-0.39, 0.29) is 12.0 Å². The largest absolute Gasteiger partial charge is 0.342 e. The van der Waals surface area contributed by atoms with Gasteiger partial charge in [0.15, 0.2) is 0 Å². The Kier molecular flexibility index (Phi) is 3.79. The van der Waals surface area contributed by atoms with Gasteiger partial charge >= 0.3 is 0 Å². The van der Waals surface area contributed by atoms with Crippen molar-refractivity contribution in [2.75, 3.05) is 13.1 Å². The SMILES string of the molecule is CC1CN(C(=O)C2CCc3ccccc3C2)CCC1N. The van der Waals surface area contributed by atoms with Gasteiger partial charge in [-0.25, -0.2) is 0 Å². The van der Waals surface area contributed by atoms with Crippen LogP contribution in [0.4, 0.5) is 0 Å². The molecular weight excluding hydrogens is 248 g/mol. The minimum Gasteiger partial charge on any atom is -0.342 e. The average Bonchev–Trinajstić information content (AvgIpc) is 2.49. The molecule has 0 aromatic heterocycles. The van der Waals surface area contributed by atoms with Crippen LogP contribution in [-0.4, -0.2) is 29.9 Å². The van der Waals surface area contributed by atoms with Gasteiger partial charge in [0, 0.05) is 25.0 Å². The quantitative estimate of drug-likeness (QED) is 0.850. The Bertz CT molecular complexity index is 500. The molecule has 1 aromatic rings. The highest BCUT2D eigenvalue weighted by Crippen LogP contribution is 2.28. The Morgan fingerprint density at radius 2 is 2.00 bits per heavy atom. The number of hydrogen-bond acceptors (Lipinski definition) is 2. The van der Waals surface area contributed by atoms with Gasteiger partial charge < -0.3 is 10.6 Å². The van der Waals surface area contributed by atoms with Crippen molar-refractivity contribution in [1.29, 1.82) is 0 Å². The summed E-state index contributed by atoms with van der Waals surface area (Å²) >= 11 is 0. The maximum absolute atomic E-state index is 12.7. The molecular formula is C17H24N2O. The summed E-state index contributed by atoms with van der Waals surface area (Å²) in [5, 5.41) is 0. The lowest BCUT2D eigenvalue weighted by Gasteiger charge is -2.37. The second-order valence-electron chi connectivity index (χ2n) is 6.42. The summed E-state index contributed by atoms with van der Waals surface area (Å²) in [6.07, 6.45) is 3.88. The number of nitrogens with zero attached hydrogens (tertiary/aromatic N) is 1. The van der Waals surface area contributed by atoms with Gasteiger partial charge in [0.1, 0.15) is 0 Å². The van der Waals surface area contributed by atoms with Crippen LogP contribution >= 0.6 is 0 Å². The van der Waals surface area contributed by atoms with Gasteiger partial charge in [-0.3, -0.25) is 4.79 Å². The van der Waals surface area contributed by atoms with Gasteiger partial charge in [0.25, 0.3) is 0 Å². The minimum atomic E-state index is 0.173. The Morgan fingerprint density at radius 3 is 2.75 bits per heavy atom. The molecule has 3 heteroatoms. The average molecular weight is 272 g/mol. The third kappa shape index (κ3) is 2.59. The van der Waals surface area contributed by atoms with Gasteiger partial charge in [-0.1, -0.05) is 31.2 Å². The molecule has 0 bridgehead atoms. The number of likely N-dealkylation sites (tertiary alicyclic amines) is 1. The number of rotatable bonds is 1. The summed E-state index contributed by atoms with van der Waals surface area (Å²) in [4.78, 5) is 14.7. The Balaban J connectivity index is 1.67. The molecule has 0 spiro atoms. The van der Waals surface area contributed by atoms with E-state index in [1.165, 1.54) is 11.1 Å². The highest BCUT2D eigenvalue weighted by Gasteiger charge is 2.32. The van der Waals surface area contributed by atoms with E-state index in [1.807, 2.05) is 4.90 Å². The molecule has 0 radical (unpaired) electrons. The molecule has 1 aliphatic heterocycles. The van der Waals surface area contributed by atoms with Crippen molar-refractivity contribution in [2.24, 2.45) is 17.6 Å². The summed E-state index contributed by atoms with van der Waals surface area (Å²) in [7, 11) is 0. The first-order chi connectivity index (χ1) is 9.65. The molecule has 3 nitrogen and oxygen atoms in total. The van der Waals surface area contributed by atoms with Crippen LogP contribution in [0.3, 0.4) is 0 Å². The fourth-order valence-electron chi connectivity index (χ4n) is 3.53. The van der Waals surface area contributed by atoms with E-state index in [0.29, 0.717) is 11.8 Å². The molecule has 1 amide bonds. The van der Waals surface area contributed by atoms with Gasteiger partial charge in [-0.05, 0) is 42.7 Å². The third-order valence-electron chi connectivity index (χ3n) is 4.98. The molecule has 3 atom stereocenters. The summed E-state index contributed by atoms with van der Waals surface area (Å²) in [5.41, 5.74) is 8.83. The van der Waals surface area contributed by atoms with Gasteiger partial charge in [-0.2, -0.15) is 0 Å². The summed E-state index contributed by atoms with van der Waals surface area (Å²) in [6, 6.07) is 8.79. The second-order valence-corrected chi connectivity index (χ2v) is 6.42. The van der Waals surface area contributed by atoms with Crippen LogP contribution in [0, 0.1) is 11.8 Å². The van der Waals surface area contributed by atoms with E-state index in [0.717, 1.165) is 38.8 Å². The number of benzene rings is 1. The molecule has 1 aromatic carbocycles. The van der Waals surface area contributed by atoms with Crippen LogP contribution in [0.2, 0.25) is 0 Å². The van der Waals surface area contributed by atoms with E-state index in [1.54, 1.807) is 0 Å². The first kappa shape index (κ1) is 13.6. The summed E-state index contributed by atoms with van der Waals surface area (Å²) in [6.45, 7) is 3.82. The van der Waals surface area contributed by atoms with Crippen LogP contribution in [0.25, 0.3) is 0 Å². The van der Waals surface area contributed by atoms with Crippen molar-refractivity contribution in [1.82, 2.24) is 4.90 Å². The number of fused-ring (bicyclic) bond motifs is 1. The molecule has 1 heterocycles. The summed E-state index contributed by atoms with van der Waals surface area (Å²) < 4.78 is 0. The Hall–Kier alpha value is -1.35. The number of carbonyl (C=O) groups is 1. The molecule has 3 rings (SSSR count). The van der Waals surface area contributed by atoms with Crippen molar-refractivity contribution < 1.29 is 4.79 Å². The molecule has 1 aliphatic carbocycles. The fraction of sp³-hybridized carbons (Fsp3) is 0.588. The monoisotopic (exact) mass is 272 g/mol. The van der Waals surface area contributed by atoms with Crippen LogP contribution < -0.4 is 5.73 Å². The third-order valence-corrected chi connectivity index (χ3v) is 4.98. The molecule has 1 saturated heterocycles. The highest BCUT2D eigenvalue weighted by atomic mass is 16.2. The van der Waals surface area contributed by atoms with E-state index in [4.69, 9.17) is 5.73 Å². The topological polar surface area (TPSA) is 46.3 Å². The molecule has 0 saturated carbocycles.